The van der Waals surface area contributed by atoms with Crippen molar-refractivity contribution in [2.45, 2.75) is 12.8 Å². The van der Waals surface area contributed by atoms with Gasteiger partial charge in [-0.2, -0.15) is 5.26 Å². The molecule has 0 aromatic heterocycles. The molecular weight excluding hydrogens is 270 g/mol. The second kappa shape index (κ2) is 12.2. The second-order valence-electron chi connectivity index (χ2n) is 4.41. The van der Waals surface area contributed by atoms with E-state index in [0.29, 0.717) is 38.6 Å². The van der Waals surface area contributed by atoms with E-state index < -0.39 is 0 Å². The van der Waals surface area contributed by atoms with Gasteiger partial charge in [0.2, 0.25) is 0 Å². The van der Waals surface area contributed by atoms with Crippen LogP contribution in [0.1, 0.15) is 18.4 Å². The van der Waals surface area contributed by atoms with Gasteiger partial charge in [-0.15, -0.1) is 0 Å². The predicted molar refractivity (Wildman–Crippen MR) is 79.4 cm³/mol. The van der Waals surface area contributed by atoms with E-state index in [1.165, 1.54) is 0 Å². The molecule has 0 saturated carbocycles. The lowest BCUT2D eigenvalue weighted by atomic mass is 10.2. The van der Waals surface area contributed by atoms with E-state index in [4.69, 9.17) is 24.2 Å². The van der Waals surface area contributed by atoms with E-state index in [1.807, 2.05) is 0 Å². The summed E-state index contributed by atoms with van der Waals surface area (Å²) in [6.45, 7) is 3.90. The summed E-state index contributed by atoms with van der Waals surface area (Å²) in [5, 5.41) is 8.68. The minimum Gasteiger partial charge on any atom is -0.494 e. The number of nitrogens with zero attached hydrogens (tertiary/aromatic N) is 1. The fourth-order valence-electron chi connectivity index (χ4n) is 1.60. The first-order valence-corrected chi connectivity index (χ1v) is 7.14. The first-order chi connectivity index (χ1) is 10.4. The largest absolute Gasteiger partial charge is 0.494 e. The van der Waals surface area contributed by atoms with Gasteiger partial charge in [0.25, 0.3) is 0 Å². The van der Waals surface area contributed by atoms with E-state index in [1.54, 1.807) is 31.4 Å². The Balaban J connectivity index is 1.89. The number of nitriles is 1. The van der Waals surface area contributed by atoms with E-state index in [0.717, 1.165) is 25.2 Å². The third-order valence-electron chi connectivity index (χ3n) is 2.69. The Kier molecular flexibility index (Phi) is 10.1. The molecule has 0 aliphatic rings. The van der Waals surface area contributed by atoms with E-state index in [2.05, 4.69) is 6.07 Å². The van der Waals surface area contributed by atoms with Crippen LogP contribution < -0.4 is 4.74 Å². The topological polar surface area (TPSA) is 60.7 Å². The van der Waals surface area contributed by atoms with Gasteiger partial charge in [-0.05, 0) is 30.7 Å². The molecule has 1 aromatic carbocycles. The molecule has 0 fully saturated rings. The van der Waals surface area contributed by atoms with E-state index >= 15 is 0 Å². The van der Waals surface area contributed by atoms with Crippen molar-refractivity contribution in [2.24, 2.45) is 0 Å². The van der Waals surface area contributed by atoms with Crippen LogP contribution in [0.15, 0.2) is 24.3 Å². The van der Waals surface area contributed by atoms with Gasteiger partial charge < -0.3 is 18.9 Å². The monoisotopic (exact) mass is 293 g/mol. The molecule has 1 aromatic rings. The van der Waals surface area contributed by atoms with Gasteiger partial charge >= 0.3 is 0 Å². The van der Waals surface area contributed by atoms with Crippen LogP contribution in [0.25, 0.3) is 0 Å². The van der Waals surface area contributed by atoms with Crippen LogP contribution in [0.2, 0.25) is 0 Å². The van der Waals surface area contributed by atoms with Crippen molar-refractivity contribution in [3.8, 4) is 11.8 Å². The van der Waals surface area contributed by atoms with Crippen molar-refractivity contribution in [3.05, 3.63) is 29.8 Å². The Morgan fingerprint density at radius 3 is 2.05 bits per heavy atom. The normalized spacial score (nSPS) is 10.3. The highest BCUT2D eigenvalue weighted by molar-refractivity contribution is 5.34. The molecule has 0 amide bonds. The zero-order valence-electron chi connectivity index (χ0n) is 12.5. The van der Waals surface area contributed by atoms with Crippen molar-refractivity contribution in [1.29, 1.82) is 5.26 Å². The van der Waals surface area contributed by atoms with Crippen LogP contribution in [0.5, 0.6) is 5.75 Å². The SMILES string of the molecule is COCCCOCCOCCCOc1ccc(C#N)cc1. The zero-order valence-corrected chi connectivity index (χ0v) is 12.5. The van der Waals surface area contributed by atoms with Gasteiger partial charge in [0.1, 0.15) is 5.75 Å². The first-order valence-electron chi connectivity index (χ1n) is 7.14. The van der Waals surface area contributed by atoms with Crippen molar-refractivity contribution < 1.29 is 18.9 Å². The molecule has 0 spiro atoms. The molecule has 0 heterocycles. The molecule has 5 heteroatoms. The number of ether oxygens (including phenoxy) is 4. The van der Waals surface area contributed by atoms with Gasteiger partial charge in [-0.3, -0.25) is 0 Å². The van der Waals surface area contributed by atoms with Crippen LogP contribution >= 0.6 is 0 Å². The number of hydrogen-bond donors (Lipinski definition) is 0. The molecule has 1 rings (SSSR count). The highest BCUT2D eigenvalue weighted by atomic mass is 16.5. The fourth-order valence-corrected chi connectivity index (χ4v) is 1.60. The fraction of sp³-hybridized carbons (Fsp3) is 0.562. The highest BCUT2D eigenvalue weighted by Gasteiger charge is 1.95. The van der Waals surface area contributed by atoms with Crippen LogP contribution in [-0.4, -0.2) is 46.8 Å². The van der Waals surface area contributed by atoms with Crippen molar-refractivity contribution in [1.82, 2.24) is 0 Å². The minimum absolute atomic E-state index is 0.598. The predicted octanol–water partition coefficient (Wildman–Crippen LogP) is 2.40. The Bertz CT molecular complexity index is 400. The summed E-state index contributed by atoms with van der Waals surface area (Å²) < 4.78 is 21.3. The Labute approximate surface area is 126 Å². The van der Waals surface area contributed by atoms with Gasteiger partial charge in [-0.25, -0.2) is 0 Å². The van der Waals surface area contributed by atoms with Gasteiger partial charge in [0.05, 0.1) is 31.5 Å². The molecule has 0 atom stereocenters. The first kappa shape index (κ1) is 17.4. The van der Waals surface area contributed by atoms with Gasteiger partial charge in [0, 0.05) is 33.4 Å². The summed E-state index contributed by atoms with van der Waals surface area (Å²) >= 11 is 0. The maximum atomic E-state index is 8.68. The molecule has 0 aliphatic carbocycles. The molecule has 0 saturated heterocycles. The van der Waals surface area contributed by atoms with Gasteiger partial charge in [0.15, 0.2) is 0 Å². The molecule has 0 unspecified atom stereocenters. The zero-order chi connectivity index (χ0) is 15.2. The van der Waals surface area contributed by atoms with Crippen LogP contribution in [0.4, 0.5) is 0 Å². The van der Waals surface area contributed by atoms with Crippen molar-refractivity contribution in [3.63, 3.8) is 0 Å². The maximum absolute atomic E-state index is 8.68. The Morgan fingerprint density at radius 2 is 1.48 bits per heavy atom. The molecule has 5 nitrogen and oxygen atoms in total. The highest BCUT2D eigenvalue weighted by Crippen LogP contribution is 2.11. The molecule has 0 radical (unpaired) electrons. The Hall–Kier alpha value is -1.61. The molecule has 21 heavy (non-hydrogen) atoms. The van der Waals surface area contributed by atoms with Crippen molar-refractivity contribution >= 4 is 0 Å². The number of benzene rings is 1. The van der Waals surface area contributed by atoms with Crippen LogP contribution in [0.3, 0.4) is 0 Å². The Morgan fingerprint density at radius 1 is 0.857 bits per heavy atom. The molecule has 0 bridgehead atoms. The lowest BCUT2D eigenvalue weighted by Crippen LogP contribution is -2.09. The molecular formula is C16H23NO4. The average Bonchev–Trinajstić information content (AvgIpc) is 2.53. The number of hydrogen-bond acceptors (Lipinski definition) is 5. The van der Waals surface area contributed by atoms with Crippen molar-refractivity contribution in [2.75, 3.05) is 46.8 Å². The molecule has 0 N–H and O–H groups in total. The lowest BCUT2D eigenvalue weighted by Gasteiger charge is -2.07. The molecule has 0 aliphatic heterocycles. The van der Waals surface area contributed by atoms with Crippen LogP contribution in [0, 0.1) is 11.3 Å². The summed E-state index contributed by atoms with van der Waals surface area (Å²) in [4.78, 5) is 0. The number of methoxy groups -OCH3 is 1. The third kappa shape index (κ3) is 9.03. The lowest BCUT2D eigenvalue weighted by molar-refractivity contribution is 0.0364. The summed E-state index contributed by atoms with van der Waals surface area (Å²) in [6.07, 6.45) is 1.73. The summed E-state index contributed by atoms with van der Waals surface area (Å²) in [5.41, 5.74) is 0.635. The molecule has 116 valence electrons. The summed E-state index contributed by atoms with van der Waals surface area (Å²) in [5.74, 6) is 0.774. The standard InChI is InChI=1S/C16H23NO4/c1-18-8-2-9-19-12-13-20-10-3-11-21-16-6-4-15(14-17)5-7-16/h4-7H,2-3,8-13H2,1H3. The summed E-state index contributed by atoms with van der Waals surface area (Å²) in [6, 6.07) is 9.16. The summed E-state index contributed by atoms with van der Waals surface area (Å²) in [7, 11) is 1.68. The number of rotatable bonds is 12. The quantitative estimate of drug-likeness (QED) is 0.554. The van der Waals surface area contributed by atoms with E-state index in [-0.39, 0.29) is 0 Å². The van der Waals surface area contributed by atoms with Crippen LogP contribution in [-0.2, 0) is 14.2 Å². The third-order valence-corrected chi connectivity index (χ3v) is 2.69. The minimum atomic E-state index is 0.598. The van der Waals surface area contributed by atoms with Gasteiger partial charge in [-0.1, -0.05) is 0 Å². The van der Waals surface area contributed by atoms with E-state index in [9.17, 15) is 0 Å². The second-order valence-corrected chi connectivity index (χ2v) is 4.41. The smallest absolute Gasteiger partial charge is 0.119 e. The average molecular weight is 293 g/mol. The maximum Gasteiger partial charge on any atom is 0.119 e.